The molecule has 0 aliphatic heterocycles. The molecule has 0 spiro atoms. The quantitative estimate of drug-likeness (QED) is 0.722. The van der Waals surface area contributed by atoms with Gasteiger partial charge in [0.15, 0.2) is 0 Å². The van der Waals surface area contributed by atoms with E-state index in [0.717, 1.165) is 18.4 Å². The number of hydrogen-bond acceptors (Lipinski definition) is 3. The molecule has 1 aromatic heterocycles. The zero-order valence-corrected chi connectivity index (χ0v) is 7.81. The predicted octanol–water partition coefficient (Wildman–Crippen LogP) is 0.360. The Kier molecular flexibility index (Phi) is 2.45. The molecule has 0 bridgehead atoms. The van der Waals surface area contributed by atoms with Crippen molar-refractivity contribution in [3.8, 4) is 0 Å². The van der Waals surface area contributed by atoms with Crippen LogP contribution in [0.1, 0.15) is 24.4 Å². The first-order valence-corrected chi connectivity index (χ1v) is 4.72. The maximum atomic E-state index is 11.2. The Morgan fingerprint density at radius 2 is 2.43 bits per heavy atom. The third-order valence-electron chi connectivity index (χ3n) is 2.28. The molecule has 1 aromatic rings. The van der Waals surface area contributed by atoms with E-state index >= 15 is 0 Å². The largest absolute Gasteiger partial charge is 0.368 e. The van der Waals surface area contributed by atoms with Crippen molar-refractivity contribution in [3.05, 3.63) is 30.1 Å². The smallest absolute Gasteiger partial charge is 0.239 e. The Bertz CT molecular complexity index is 321. The molecular weight excluding hydrogens is 178 g/mol. The molecule has 4 heteroatoms. The highest BCUT2D eigenvalue weighted by Crippen LogP contribution is 2.23. The van der Waals surface area contributed by atoms with Crippen LogP contribution in [0, 0.1) is 0 Å². The molecule has 2 rings (SSSR count). The van der Waals surface area contributed by atoms with Crippen LogP contribution in [0.2, 0.25) is 0 Å². The Balaban J connectivity index is 2.13. The maximum Gasteiger partial charge on any atom is 0.239 e. The molecular formula is C10H13N3O. The van der Waals surface area contributed by atoms with Gasteiger partial charge < -0.3 is 5.73 Å². The van der Waals surface area contributed by atoms with Crippen molar-refractivity contribution >= 4 is 5.91 Å². The van der Waals surface area contributed by atoms with E-state index < -0.39 is 6.04 Å². The lowest BCUT2D eigenvalue weighted by atomic mass is 10.1. The molecule has 1 aliphatic carbocycles. The summed E-state index contributed by atoms with van der Waals surface area (Å²) in [7, 11) is 0. The summed E-state index contributed by atoms with van der Waals surface area (Å²) < 4.78 is 0. The minimum absolute atomic E-state index is 0.343. The van der Waals surface area contributed by atoms with Gasteiger partial charge >= 0.3 is 0 Å². The molecule has 1 amide bonds. The first-order valence-electron chi connectivity index (χ1n) is 4.72. The Labute approximate surface area is 82.5 Å². The zero-order chi connectivity index (χ0) is 9.97. The number of pyridine rings is 1. The van der Waals surface area contributed by atoms with Gasteiger partial charge in [0, 0.05) is 18.4 Å². The van der Waals surface area contributed by atoms with E-state index in [9.17, 15) is 4.79 Å². The van der Waals surface area contributed by atoms with Gasteiger partial charge in [-0.1, -0.05) is 6.07 Å². The summed E-state index contributed by atoms with van der Waals surface area (Å²) >= 11 is 0. The first-order chi connectivity index (χ1) is 6.77. The van der Waals surface area contributed by atoms with E-state index in [2.05, 4.69) is 10.3 Å². The summed E-state index contributed by atoms with van der Waals surface area (Å²) in [6.07, 6.45) is 5.61. The highest BCUT2D eigenvalue weighted by atomic mass is 16.1. The van der Waals surface area contributed by atoms with Gasteiger partial charge in [-0.25, -0.2) is 0 Å². The SMILES string of the molecule is NC(=O)C(NC1CC1)c1cccnc1. The fourth-order valence-corrected chi connectivity index (χ4v) is 1.38. The van der Waals surface area contributed by atoms with Crippen molar-refractivity contribution in [1.82, 2.24) is 10.3 Å². The van der Waals surface area contributed by atoms with Crippen LogP contribution in [0.25, 0.3) is 0 Å². The van der Waals surface area contributed by atoms with Gasteiger partial charge in [0.25, 0.3) is 0 Å². The normalized spacial score (nSPS) is 17.7. The topological polar surface area (TPSA) is 68.0 Å². The molecule has 1 saturated carbocycles. The summed E-state index contributed by atoms with van der Waals surface area (Å²) in [6.45, 7) is 0. The highest BCUT2D eigenvalue weighted by molar-refractivity contribution is 5.81. The van der Waals surface area contributed by atoms with Gasteiger partial charge in [-0.05, 0) is 24.5 Å². The summed E-state index contributed by atoms with van der Waals surface area (Å²) in [5.74, 6) is -0.343. The van der Waals surface area contributed by atoms with Crippen LogP contribution >= 0.6 is 0 Å². The van der Waals surface area contributed by atoms with E-state index in [1.54, 1.807) is 18.5 Å². The van der Waals surface area contributed by atoms with E-state index in [1.807, 2.05) is 6.07 Å². The van der Waals surface area contributed by atoms with Crippen molar-refractivity contribution < 1.29 is 4.79 Å². The number of carbonyl (C=O) groups excluding carboxylic acids is 1. The predicted molar refractivity (Wildman–Crippen MR) is 52.3 cm³/mol. The molecule has 14 heavy (non-hydrogen) atoms. The van der Waals surface area contributed by atoms with Crippen LogP contribution in [0.4, 0.5) is 0 Å². The molecule has 0 aromatic carbocycles. The number of nitrogens with two attached hydrogens (primary N) is 1. The van der Waals surface area contributed by atoms with Crippen LogP contribution < -0.4 is 11.1 Å². The van der Waals surface area contributed by atoms with Gasteiger partial charge in [0.05, 0.1) is 0 Å². The highest BCUT2D eigenvalue weighted by Gasteiger charge is 2.28. The lowest BCUT2D eigenvalue weighted by Crippen LogP contribution is -2.34. The number of primary amides is 1. The fraction of sp³-hybridized carbons (Fsp3) is 0.400. The number of nitrogens with zero attached hydrogens (tertiary/aromatic N) is 1. The van der Waals surface area contributed by atoms with Crippen molar-refractivity contribution in [2.24, 2.45) is 5.73 Å². The number of rotatable bonds is 4. The molecule has 0 saturated heterocycles. The molecule has 1 fully saturated rings. The van der Waals surface area contributed by atoms with Crippen LogP contribution in [0.3, 0.4) is 0 Å². The fourth-order valence-electron chi connectivity index (χ4n) is 1.38. The van der Waals surface area contributed by atoms with Crippen molar-refractivity contribution in [2.45, 2.75) is 24.9 Å². The second-order valence-corrected chi connectivity index (χ2v) is 3.56. The Hall–Kier alpha value is -1.42. The summed E-state index contributed by atoms with van der Waals surface area (Å²) in [6, 6.07) is 3.72. The van der Waals surface area contributed by atoms with Gasteiger partial charge in [-0.3, -0.25) is 15.1 Å². The molecule has 1 aliphatic rings. The molecule has 1 unspecified atom stereocenters. The van der Waals surface area contributed by atoms with Crippen molar-refractivity contribution in [1.29, 1.82) is 0 Å². The van der Waals surface area contributed by atoms with Crippen LogP contribution in [-0.2, 0) is 4.79 Å². The number of aromatic nitrogens is 1. The van der Waals surface area contributed by atoms with E-state index in [4.69, 9.17) is 5.73 Å². The number of amides is 1. The lowest BCUT2D eigenvalue weighted by Gasteiger charge is -2.14. The van der Waals surface area contributed by atoms with Gasteiger partial charge in [-0.15, -0.1) is 0 Å². The molecule has 1 atom stereocenters. The molecule has 4 nitrogen and oxygen atoms in total. The lowest BCUT2D eigenvalue weighted by molar-refractivity contribution is -0.120. The summed E-state index contributed by atoms with van der Waals surface area (Å²) in [5.41, 5.74) is 6.16. The van der Waals surface area contributed by atoms with Gasteiger partial charge in [-0.2, -0.15) is 0 Å². The number of nitrogens with one attached hydrogen (secondary N) is 1. The molecule has 1 heterocycles. The first kappa shape index (κ1) is 9.15. The van der Waals surface area contributed by atoms with Crippen molar-refractivity contribution in [3.63, 3.8) is 0 Å². The minimum Gasteiger partial charge on any atom is -0.368 e. The monoisotopic (exact) mass is 191 g/mol. The van der Waals surface area contributed by atoms with E-state index in [-0.39, 0.29) is 5.91 Å². The number of carbonyl (C=O) groups is 1. The van der Waals surface area contributed by atoms with Crippen LogP contribution in [-0.4, -0.2) is 16.9 Å². The van der Waals surface area contributed by atoms with E-state index in [1.165, 1.54) is 0 Å². The summed E-state index contributed by atoms with van der Waals surface area (Å²) in [5, 5.41) is 3.19. The average molecular weight is 191 g/mol. The minimum atomic E-state index is -0.392. The summed E-state index contributed by atoms with van der Waals surface area (Å²) in [4.78, 5) is 15.2. The standard InChI is InChI=1S/C10H13N3O/c11-10(14)9(13-8-3-4-8)7-2-1-5-12-6-7/h1-2,5-6,8-9,13H,3-4H2,(H2,11,14). The Morgan fingerprint density at radius 3 is 2.93 bits per heavy atom. The Morgan fingerprint density at radius 1 is 1.64 bits per heavy atom. The average Bonchev–Trinajstić information content (AvgIpc) is 2.99. The third-order valence-corrected chi connectivity index (χ3v) is 2.28. The second-order valence-electron chi connectivity index (χ2n) is 3.56. The molecule has 0 radical (unpaired) electrons. The van der Waals surface area contributed by atoms with Gasteiger partial charge in [0.1, 0.15) is 6.04 Å². The van der Waals surface area contributed by atoms with Crippen LogP contribution in [0.15, 0.2) is 24.5 Å². The van der Waals surface area contributed by atoms with Gasteiger partial charge in [0.2, 0.25) is 5.91 Å². The molecule has 3 N–H and O–H groups in total. The van der Waals surface area contributed by atoms with Crippen molar-refractivity contribution in [2.75, 3.05) is 0 Å². The third kappa shape index (κ3) is 2.09. The second kappa shape index (κ2) is 3.75. The number of hydrogen-bond donors (Lipinski definition) is 2. The van der Waals surface area contributed by atoms with Crippen LogP contribution in [0.5, 0.6) is 0 Å². The zero-order valence-electron chi connectivity index (χ0n) is 7.81. The van der Waals surface area contributed by atoms with E-state index in [0.29, 0.717) is 6.04 Å². The molecule has 74 valence electrons. The maximum absolute atomic E-state index is 11.2.